The van der Waals surface area contributed by atoms with Crippen LogP contribution in [0.1, 0.15) is 46.9 Å². The first-order valence-corrected chi connectivity index (χ1v) is 7.84. The number of aryl methyl sites for hydroxylation is 2. The molecule has 2 rings (SSSR count). The molecule has 1 atom stereocenters. The van der Waals surface area contributed by atoms with Crippen LogP contribution in [0.4, 0.5) is 0 Å². The van der Waals surface area contributed by atoms with Crippen LogP contribution in [0.5, 0.6) is 0 Å². The zero-order valence-corrected chi connectivity index (χ0v) is 13.4. The third-order valence-electron chi connectivity index (χ3n) is 3.41. The summed E-state index contributed by atoms with van der Waals surface area (Å²) in [5, 5.41) is 6.46. The van der Waals surface area contributed by atoms with E-state index in [0.717, 1.165) is 29.5 Å². The van der Waals surface area contributed by atoms with Gasteiger partial charge in [-0.3, -0.25) is 0 Å². The molecule has 1 N–H and O–H groups in total. The summed E-state index contributed by atoms with van der Waals surface area (Å²) in [4.78, 5) is 1.17. The molecular weight excluding hydrogens is 278 g/mol. The smallest absolute Gasteiger partial charge is 0.106 e. The Hall–Kier alpha value is -0.770. The average molecular weight is 298 g/mol. The van der Waals surface area contributed by atoms with Crippen molar-refractivity contribution in [1.29, 1.82) is 0 Å². The lowest BCUT2D eigenvalue weighted by atomic mass is 10.0. The van der Waals surface area contributed by atoms with Crippen LogP contribution in [-0.2, 0) is 0 Å². The Balaban J connectivity index is 2.46. The van der Waals surface area contributed by atoms with Crippen LogP contribution in [0.15, 0.2) is 15.9 Å². The van der Waals surface area contributed by atoms with E-state index in [2.05, 4.69) is 19.2 Å². The molecule has 0 aliphatic heterocycles. The van der Waals surface area contributed by atoms with Crippen molar-refractivity contribution in [2.75, 3.05) is 6.54 Å². The minimum absolute atomic E-state index is 0.130. The van der Waals surface area contributed by atoms with Gasteiger partial charge >= 0.3 is 0 Å². The normalized spacial score (nSPS) is 12.9. The van der Waals surface area contributed by atoms with Crippen LogP contribution in [0.2, 0.25) is 5.02 Å². The summed E-state index contributed by atoms with van der Waals surface area (Å²) in [6.45, 7) is 9.28. The Morgan fingerprint density at radius 2 is 2.05 bits per heavy atom. The van der Waals surface area contributed by atoms with Crippen LogP contribution in [0.3, 0.4) is 0 Å². The van der Waals surface area contributed by atoms with Gasteiger partial charge in [-0.05, 0) is 50.7 Å². The van der Waals surface area contributed by atoms with Crippen molar-refractivity contribution in [3.63, 3.8) is 0 Å². The molecule has 4 heteroatoms. The highest BCUT2D eigenvalue weighted by atomic mass is 35.5. The molecule has 0 aromatic carbocycles. The van der Waals surface area contributed by atoms with Gasteiger partial charge in [0.25, 0.3) is 0 Å². The molecule has 0 radical (unpaired) electrons. The van der Waals surface area contributed by atoms with E-state index in [0.29, 0.717) is 0 Å². The molecule has 0 spiro atoms. The van der Waals surface area contributed by atoms with E-state index in [1.165, 1.54) is 16.0 Å². The maximum absolute atomic E-state index is 6.31. The summed E-state index contributed by atoms with van der Waals surface area (Å²) in [6, 6.07) is 2.09. The lowest BCUT2D eigenvalue weighted by Crippen LogP contribution is -2.23. The van der Waals surface area contributed by atoms with Crippen LogP contribution < -0.4 is 5.32 Å². The molecule has 2 nitrogen and oxygen atoms in total. The number of rotatable bonds is 5. The molecule has 2 heterocycles. The van der Waals surface area contributed by atoms with Crippen LogP contribution >= 0.6 is 22.9 Å². The van der Waals surface area contributed by atoms with E-state index in [-0.39, 0.29) is 6.04 Å². The summed E-state index contributed by atoms with van der Waals surface area (Å²) < 4.78 is 5.77. The van der Waals surface area contributed by atoms with E-state index in [1.54, 1.807) is 11.3 Å². The Bertz CT molecular complexity index is 558. The van der Waals surface area contributed by atoms with Crippen molar-refractivity contribution in [2.24, 2.45) is 0 Å². The van der Waals surface area contributed by atoms with Crippen molar-refractivity contribution < 1.29 is 4.42 Å². The van der Waals surface area contributed by atoms with Crippen LogP contribution in [0.25, 0.3) is 0 Å². The van der Waals surface area contributed by atoms with E-state index < -0.39 is 0 Å². The number of nitrogens with one attached hydrogen (secondary N) is 1. The van der Waals surface area contributed by atoms with Gasteiger partial charge in [-0.2, -0.15) is 0 Å². The Kier molecular flexibility index (Phi) is 4.71. The quantitative estimate of drug-likeness (QED) is 0.839. The first-order chi connectivity index (χ1) is 9.06. The average Bonchev–Trinajstić information content (AvgIpc) is 2.88. The second-order valence-electron chi connectivity index (χ2n) is 4.77. The number of thiophene rings is 1. The van der Waals surface area contributed by atoms with Gasteiger partial charge in [0.1, 0.15) is 11.5 Å². The summed E-state index contributed by atoms with van der Waals surface area (Å²) in [7, 11) is 0. The molecule has 0 fully saturated rings. The molecule has 2 aromatic rings. The third kappa shape index (κ3) is 2.88. The first kappa shape index (κ1) is 14.6. The summed E-state index contributed by atoms with van der Waals surface area (Å²) in [5.74, 6) is 1.97. The van der Waals surface area contributed by atoms with Gasteiger partial charge in [0.05, 0.1) is 11.1 Å². The molecule has 0 aliphatic rings. The van der Waals surface area contributed by atoms with Gasteiger partial charge in [-0.1, -0.05) is 18.5 Å². The fourth-order valence-electron chi connectivity index (χ4n) is 2.36. The van der Waals surface area contributed by atoms with Gasteiger partial charge in [-0.15, -0.1) is 11.3 Å². The molecule has 104 valence electrons. The minimum Gasteiger partial charge on any atom is -0.466 e. The maximum Gasteiger partial charge on any atom is 0.106 e. The molecule has 0 aliphatic carbocycles. The highest BCUT2D eigenvalue weighted by Crippen LogP contribution is 2.37. The second kappa shape index (κ2) is 6.12. The first-order valence-electron chi connectivity index (χ1n) is 6.59. The zero-order chi connectivity index (χ0) is 14.0. The fraction of sp³-hybridized carbons (Fsp3) is 0.467. The van der Waals surface area contributed by atoms with Crippen molar-refractivity contribution in [3.8, 4) is 0 Å². The SMILES string of the molecule is CCCNC(c1sccc1Cl)c1c(C)oc(C)c1C. The predicted octanol–water partition coefficient (Wildman–Crippen LogP) is 5.01. The third-order valence-corrected chi connectivity index (χ3v) is 4.84. The molecule has 0 amide bonds. The van der Waals surface area contributed by atoms with Crippen molar-refractivity contribution in [1.82, 2.24) is 5.32 Å². The van der Waals surface area contributed by atoms with E-state index in [4.69, 9.17) is 16.0 Å². The maximum atomic E-state index is 6.31. The van der Waals surface area contributed by atoms with Crippen LogP contribution in [0, 0.1) is 20.8 Å². The number of hydrogen-bond donors (Lipinski definition) is 1. The highest BCUT2D eigenvalue weighted by Gasteiger charge is 2.24. The number of halogens is 1. The topological polar surface area (TPSA) is 25.2 Å². The molecule has 19 heavy (non-hydrogen) atoms. The monoisotopic (exact) mass is 297 g/mol. The summed E-state index contributed by atoms with van der Waals surface area (Å²) in [6.07, 6.45) is 1.09. The molecule has 0 saturated carbocycles. The second-order valence-corrected chi connectivity index (χ2v) is 6.13. The molecule has 0 bridgehead atoms. The Labute approximate surface area is 123 Å². The summed E-state index contributed by atoms with van der Waals surface area (Å²) in [5.41, 5.74) is 2.45. The number of hydrogen-bond acceptors (Lipinski definition) is 3. The molecule has 2 aromatic heterocycles. The lowest BCUT2D eigenvalue weighted by Gasteiger charge is -2.18. The van der Waals surface area contributed by atoms with Gasteiger partial charge < -0.3 is 9.73 Å². The highest BCUT2D eigenvalue weighted by molar-refractivity contribution is 7.10. The minimum atomic E-state index is 0.130. The van der Waals surface area contributed by atoms with Gasteiger partial charge in [0.2, 0.25) is 0 Å². The van der Waals surface area contributed by atoms with Gasteiger partial charge in [-0.25, -0.2) is 0 Å². The zero-order valence-electron chi connectivity index (χ0n) is 11.8. The Morgan fingerprint density at radius 3 is 2.53 bits per heavy atom. The molecule has 1 unspecified atom stereocenters. The standard InChI is InChI=1S/C15H20ClNOS/c1-5-7-17-14(15-12(16)6-8-19-15)13-9(2)10(3)18-11(13)4/h6,8,14,17H,5,7H2,1-4H3. The van der Waals surface area contributed by atoms with Crippen molar-refractivity contribution in [3.05, 3.63) is 44.0 Å². The van der Waals surface area contributed by atoms with E-state index in [1.807, 2.05) is 25.3 Å². The van der Waals surface area contributed by atoms with Gasteiger partial charge in [0, 0.05) is 10.4 Å². The fourth-order valence-corrected chi connectivity index (χ4v) is 3.61. The van der Waals surface area contributed by atoms with Crippen LogP contribution in [-0.4, -0.2) is 6.54 Å². The molecular formula is C15H20ClNOS. The van der Waals surface area contributed by atoms with Gasteiger partial charge in [0.15, 0.2) is 0 Å². The van der Waals surface area contributed by atoms with E-state index in [9.17, 15) is 0 Å². The van der Waals surface area contributed by atoms with Crippen molar-refractivity contribution >= 4 is 22.9 Å². The predicted molar refractivity (Wildman–Crippen MR) is 82.4 cm³/mol. The lowest BCUT2D eigenvalue weighted by molar-refractivity contribution is 0.493. The summed E-state index contributed by atoms with van der Waals surface area (Å²) >= 11 is 8.01. The number of furan rings is 1. The van der Waals surface area contributed by atoms with E-state index >= 15 is 0 Å². The molecule has 0 saturated heterocycles. The van der Waals surface area contributed by atoms with Crippen molar-refractivity contribution in [2.45, 2.75) is 40.2 Å². The Morgan fingerprint density at radius 1 is 1.32 bits per heavy atom. The largest absolute Gasteiger partial charge is 0.466 e.